The summed E-state index contributed by atoms with van der Waals surface area (Å²) in [5, 5.41) is 1.76. The van der Waals surface area contributed by atoms with Gasteiger partial charge < -0.3 is 0 Å². The molecule has 0 amide bonds. The van der Waals surface area contributed by atoms with Gasteiger partial charge in [-0.15, -0.1) is 11.3 Å². The first kappa shape index (κ1) is 5.98. The van der Waals surface area contributed by atoms with Crippen molar-refractivity contribution in [1.82, 2.24) is 0 Å². The number of halogens is 1. The summed E-state index contributed by atoms with van der Waals surface area (Å²) in [5.41, 5.74) is 0.0515. The van der Waals surface area contributed by atoms with Crippen LogP contribution >= 0.6 is 27.3 Å². The summed E-state index contributed by atoms with van der Waals surface area (Å²) in [5.74, 6) is 0. The van der Waals surface area contributed by atoms with E-state index in [0.717, 1.165) is 3.79 Å². The van der Waals surface area contributed by atoms with Crippen LogP contribution in [0.2, 0.25) is 0 Å². The van der Waals surface area contributed by atoms with E-state index in [1.807, 2.05) is 0 Å². The van der Waals surface area contributed by atoms with Gasteiger partial charge in [0, 0.05) is 6.07 Å². The molecule has 0 spiro atoms. The Labute approximate surface area is 59.1 Å². The van der Waals surface area contributed by atoms with Gasteiger partial charge in [-0.1, -0.05) is 0 Å². The first-order valence-corrected chi connectivity index (χ1v) is 3.70. The van der Waals surface area contributed by atoms with Crippen LogP contribution in [0.1, 0.15) is 0 Å². The molecule has 0 bridgehead atoms. The summed E-state index contributed by atoms with van der Waals surface area (Å²) in [7, 11) is 0. The third-order valence-corrected chi connectivity index (χ3v) is 2.07. The molecule has 1 heterocycles. The van der Waals surface area contributed by atoms with E-state index >= 15 is 0 Å². The van der Waals surface area contributed by atoms with Crippen LogP contribution in [0.4, 0.5) is 0 Å². The summed E-state index contributed by atoms with van der Waals surface area (Å²) in [4.78, 5) is 10.5. The Kier molecular flexibility index (Phi) is 1.81. The highest BCUT2D eigenvalue weighted by Gasteiger charge is 1.83. The molecule has 0 saturated carbocycles. The van der Waals surface area contributed by atoms with Crippen molar-refractivity contribution in [2.75, 3.05) is 0 Å². The molecule has 0 aliphatic rings. The number of hydrogen-bond acceptors (Lipinski definition) is 2. The summed E-state index contributed by atoms with van der Waals surface area (Å²) in [6.45, 7) is 0. The first-order valence-electron chi connectivity index (χ1n) is 2.03. The van der Waals surface area contributed by atoms with Gasteiger partial charge in [0.05, 0.1) is 3.79 Å². The lowest BCUT2D eigenvalue weighted by Crippen LogP contribution is -1.90. The molecular formula is C5H3BrOS. The van der Waals surface area contributed by atoms with Gasteiger partial charge in [-0.2, -0.15) is 0 Å². The van der Waals surface area contributed by atoms with Crippen molar-refractivity contribution in [1.29, 1.82) is 0 Å². The fraction of sp³-hybridized carbons (Fsp3) is 0. The third-order valence-electron chi connectivity index (χ3n) is 0.669. The SMILES string of the molecule is O=c1ccsc(Br)c1. The monoisotopic (exact) mass is 190 g/mol. The van der Waals surface area contributed by atoms with Crippen LogP contribution in [0.3, 0.4) is 0 Å². The van der Waals surface area contributed by atoms with E-state index in [1.54, 1.807) is 11.4 Å². The van der Waals surface area contributed by atoms with Crippen molar-refractivity contribution in [3.63, 3.8) is 0 Å². The van der Waals surface area contributed by atoms with Crippen LogP contribution in [0, 0.1) is 0 Å². The minimum Gasteiger partial charge on any atom is -0.290 e. The van der Waals surface area contributed by atoms with E-state index < -0.39 is 0 Å². The maximum Gasteiger partial charge on any atom is 0.181 e. The van der Waals surface area contributed by atoms with Crippen LogP contribution in [-0.4, -0.2) is 0 Å². The van der Waals surface area contributed by atoms with Crippen LogP contribution < -0.4 is 5.43 Å². The molecule has 42 valence electrons. The van der Waals surface area contributed by atoms with Gasteiger partial charge in [0.25, 0.3) is 0 Å². The molecule has 1 aromatic rings. The maximum absolute atomic E-state index is 10.5. The van der Waals surface area contributed by atoms with Gasteiger partial charge in [-0.05, 0) is 27.4 Å². The Morgan fingerprint density at radius 2 is 2.38 bits per heavy atom. The summed E-state index contributed by atoms with van der Waals surface area (Å²) in [6.07, 6.45) is 0. The fourth-order valence-electron chi connectivity index (χ4n) is 0.360. The largest absolute Gasteiger partial charge is 0.290 e. The number of rotatable bonds is 0. The molecule has 0 N–H and O–H groups in total. The van der Waals surface area contributed by atoms with Gasteiger partial charge in [0.1, 0.15) is 0 Å². The third kappa shape index (κ3) is 1.42. The Hall–Kier alpha value is -0.150. The Balaban J connectivity index is 3.28. The molecule has 1 rings (SSSR count). The van der Waals surface area contributed by atoms with Crippen molar-refractivity contribution >= 4 is 27.3 Å². The zero-order valence-electron chi connectivity index (χ0n) is 3.93. The van der Waals surface area contributed by atoms with Gasteiger partial charge in [0.2, 0.25) is 0 Å². The standard InChI is InChI=1S/C5H3BrOS/c6-5-3-4(7)1-2-8-5/h1-3H. The minimum atomic E-state index is 0.0515. The van der Waals surface area contributed by atoms with Crippen LogP contribution in [0.25, 0.3) is 0 Å². The lowest BCUT2D eigenvalue weighted by atomic mass is 10.6. The average molecular weight is 191 g/mol. The van der Waals surface area contributed by atoms with Crippen molar-refractivity contribution in [3.05, 3.63) is 31.5 Å². The smallest absolute Gasteiger partial charge is 0.181 e. The van der Waals surface area contributed by atoms with E-state index in [4.69, 9.17) is 0 Å². The van der Waals surface area contributed by atoms with Crippen molar-refractivity contribution in [3.8, 4) is 0 Å². The van der Waals surface area contributed by atoms with Crippen LogP contribution in [0.15, 0.2) is 26.1 Å². The molecule has 0 unspecified atom stereocenters. The Morgan fingerprint density at radius 1 is 1.62 bits per heavy atom. The van der Waals surface area contributed by atoms with Gasteiger partial charge in [-0.25, -0.2) is 0 Å². The highest BCUT2D eigenvalue weighted by atomic mass is 79.9. The van der Waals surface area contributed by atoms with Gasteiger partial charge >= 0.3 is 0 Å². The van der Waals surface area contributed by atoms with Gasteiger partial charge in [0.15, 0.2) is 5.43 Å². The molecule has 8 heavy (non-hydrogen) atoms. The normalized spacial score (nSPS) is 9.12. The zero-order valence-corrected chi connectivity index (χ0v) is 6.33. The predicted molar refractivity (Wildman–Crippen MR) is 38.3 cm³/mol. The predicted octanol–water partition coefficient (Wildman–Crippen LogP) is 1.87. The molecular weight excluding hydrogens is 188 g/mol. The molecule has 3 heteroatoms. The molecule has 0 saturated heterocycles. The molecule has 1 aromatic heterocycles. The highest BCUT2D eigenvalue weighted by Crippen LogP contribution is 2.10. The average Bonchev–Trinajstić information content (AvgIpc) is 1.64. The van der Waals surface area contributed by atoms with Crippen molar-refractivity contribution in [2.24, 2.45) is 0 Å². The lowest BCUT2D eigenvalue weighted by Gasteiger charge is -1.79. The van der Waals surface area contributed by atoms with E-state index in [2.05, 4.69) is 15.9 Å². The molecule has 0 aliphatic carbocycles. The second-order valence-corrected chi connectivity index (χ2v) is 3.60. The second-order valence-electron chi connectivity index (χ2n) is 1.27. The fourth-order valence-corrected chi connectivity index (χ4v) is 1.43. The van der Waals surface area contributed by atoms with E-state index in [-0.39, 0.29) is 5.43 Å². The number of hydrogen-bond donors (Lipinski definition) is 0. The highest BCUT2D eigenvalue weighted by molar-refractivity contribution is 9.11. The summed E-state index contributed by atoms with van der Waals surface area (Å²) < 4.78 is 0.880. The van der Waals surface area contributed by atoms with Crippen molar-refractivity contribution < 1.29 is 0 Å². The van der Waals surface area contributed by atoms with E-state index in [1.165, 1.54) is 17.4 Å². The topological polar surface area (TPSA) is 17.1 Å². The molecule has 0 fully saturated rings. The zero-order chi connectivity index (χ0) is 5.98. The Bertz CT molecular complexity index is 230. The van der Waals surface area contributed by atoms with Crippen molar-refractivity contribution in [2.45, 2.75) is 0 Å². The van der Waals surface area contributed by atoms with Gasteiger partial charge in [-0.3, -0.25) is 4.79 Å². The first-order chi connectivity index (χ1) is 3.79. The maximum atomic E-state index is 10.5. The van der Waals surface area contributed by atoms with E-state index in [0.29, 0.717) is 0 Å². The molecule has 0 radical (unpaired) electrons. The minimum absolute atomic E-state index is 0.0515. The molecule has 0 aliphatic heterocycles. The lowest BCUT2D eigenvalue weighted by molar-refractivity contribution is 1.65. The molecule has 1 nitrogen and oxygen atoms in total. The second kappa shape index (κ2) is 2.42. The molecule has 0 aromatic carbocycles. The quantitative estimate of drug-likeness (QED) is 0.611. The van der Waals surface area contributed by atoms with Crippen LogP contribution in [0.5, 0.6) is 0 Å². The Morgan fingerprint density at radius 3 is 2.75 bits per heavy atom. The summed E-state index contributed by atoms with van der Waals surface area (Å²) >= 11 is 4.68. The molecule has 0 atom stereocenters. The summed E-state index contributed by atoms with van der Waals surface area (Å²) in [6, 6.07) is 3.08. The van der Waals surface area contributed by atoms with Crippen LogP contribution in [-0.2, 0) is 0 Å². The van der Waals surface area contributed by atoms with E-state index in [9.17, 15) is 4.79 Å².